The summed E-state index contributed by atoms with van der Waals surface area (Å²) in [5, 5.41) is 3.58. The summed E-state index contributed by atoms with van der Waals surface area (Å²) < 4.78 is 0. The SMILES string of the molecule is CN(C)c1ccc(CP(Cl)(c2ccccc2)(c2ccccc2)c2ccccc2)cc1. The monoisotopic (exact) mass is 431 g/mol. The van der Waals surface area contributed by atoms with Gasteiger partial charge in [0.05, 0.1) is 0 Å². The molecule has 0 saturated heterocycles. The molecule has 0 N–H and O–H groups in total. The number of rotatable bonds is 6. The molecule has 0 amide bonds. The predicted octanol–water partition coefficient (Wildman–Crippen LogP) is 5.94. The third-order valence-corrected chi connectivity index (χ3v) is 13.0. The Kier molecular flexibility index (Phi) is 5.69. The third-order valence-electron chi connectivity index (χ3n) is 5.82. The van der Waals surface area contributed by atoms with Gasteiger partial charge in [-0.1, -0.05) is 0 Å². The first kappa shape index (κ1) is 20.7. The number of benzene rings is 4. The molecule has 152 valence electrons. The molecule has 30 heavy (non-hydrogen) atoms. The van der Waals surface area contributed by atoms with Crippen molar-refractivity contribution in [1.82, 2.24) is 0 Å². The van der Waals surface area contributed by atoms with Crippen LogP contribution >= 0.6 is 17.2 Å². The van der Waals surface area contributed by atoms with E-state index >= 15 is 0 Å². The van der Waals surface area contributed by atoms with E-state index < -0.39 is 5.96 Å². The van der Waals surface area contributed by atoms with E-state index in [0.29, 0.717) is 0 Å². The molecule has 0 aliphatic heterocycles. The van der Waals surface area contributed by atoms with Crippen LogP contribution in [-0.2, 0) is 6.16 Å². The standard InChI is InChI=1S/C27H27ClNP/c1-29(2)24-20-18-23(19-21-24)22-30(28,25-12-6-3-7-13-25,26-14-8-4-9-15-26)27-16-10-5-11-17-27/h3-21H,22H2,1-2H3. The van der Waals surface area contributed by atoms with E-state index in [1.807, 2.05) is 0 Å². The van der Waals surface area contributed by atoms with Gasteiger partial charge in [0.15, 0.2) is 0 Å². The van der Waals surface area contributed by atoms with Crippen molar-refractivity contribution in [3.63, 3.8) is 0 Å². The average molecular weight is 432 g/mol. The van der Waals surface area contributed by atoms with Gasteiger partial charge in [-0.25, -0.2) is 0 Å². The van der Waals surface area contributed by atoms with Crippen molar-refractivity contribution < 1.29 is 0 Å². The fourth-order valence-electron chi connectivity index (χ4n) is 4.18. The third kappa shape index (κ3) is 3.54. The summed E-state index contributed by atoms with van der Waals surface area (Å²) in [7, 11) is 4.13. The zero-order valence-corrected chi connectivity index (χ0v) is 19.1. The van der Waals surface area contributed by atoms with Crippen LogP contribution in [0, 0.1) is 0 Å². The molecule has 0 spiro atoms. The molecule has 0 atom stereocenters. The van der Waals surface area contributed by atoms with Crippen LogP contribution < -0.4 is 20.8 Å². The molecule has 0 saturated carbocycles. The average Bonchev–Trinajstić information content (AvgIpc) is 2.81. The number of anilines is 1. The number of nitrogens with zero attached hydrogens (tertiary/aromatic N) is 1. The van der Waals surface area contributed by atoms with Gasteiger partial charge in [-0.05, 0) is 0 Å². The second-order valence-corrected chi connectivity index (χ2v) is 14.4. The molecule has 0 unspecified atom stereocenters. The Balaban J connectivity index is 2.01. The van der Waals surface area contributed by atoms with Gasteiger partial charge in [-0.3, -0.25) is 0 Å². The van der Waals surface area contributed by atoms with Gasteiger partial charge in [0.25, 0.3) is 0 Å². The topological polar surface area (TPSA) is 3.24 Å². The summed E-state index contributed by atoms with van der Waals surface area (Å²) in [4.78, 5) is 2.12. The summed E-state index contributed by atoms with van der Waals surface area (Å²) in [6.07, 6.45) is 0.763. The van der Waals surface area contributed by atoms with Crippen LogP contribution in [0.3, 0.4) is 0 Å². The molecular formula is C27H27ClNP. The second kappa shape index (κ2) is 8.26. The molecule has 4 rings (SSSR count). The summed E-state index contributed by atoms with van der Waals surface area (Å²) in [5.74, 6) is -3.27. The first-order valence-electron chi connectivity index (χ1n) is 10.2. The molecule has 0 radical (unpaired) electrons. The molecule has 0 fully saturated rings. The normalized spacial score (nSPS) is 12.7. The Bertz CT molecular complexity index is 995. The fraction of sp³-hybridized carbons (Fsp3) is 0.111. The molecule has 0 aromatic heterocycles. The van der Waals surface area contributed by atoms with E-state index in [1.165, 1.54) is 27.2 Å². The van der Waals surface area contributed by atoms with E-state index in [9.17, 15) is 0 Å². The Morgan fingerprint density at radius 1 is 0.567 bits per heavy atom. The fourth-order valence-corrected chi connectivity index (χ4v) is 10.3. The predicted molar refractivity (Wildman–Crippen MR) is 135 cm³/mol. The molecule has 4 aromatic rings. The van der Waals surface area contributed by atoms with E-state index in [1.54, 1.807) is 0 Å². The number of hydrogen-bond donors (Lipinski definition) is 0. The van der Waals surface area contributed by atoms with Crippen LogP contribution in [0.2, 0.25) is 0 Å². The van der Waals surface area contributed by atoms with Crippen molar-refractivity contribution in [3.05, 3.63) is 121 Å². The quantitative estimate of drug-likeness (QED) is 0.342. The van der Waals surface area contributed by atoms with Crippen molar-refractivity contribution in [1.29, 1.82) is 0 Å². The van der Waals surface area contributed by atoms with Gasteiger partial charge in [-0.2, -0.15) is 0 Å². The van der Waals surface area contributed by atoms with Gasteiger partial charge in [-0.15, -0.1) is 0 Å². The Labute approximate surface area is 184 Å². The van der Waals surface area contributed by atoms with Crippen molar-refractivity contribution in [3.8, 4) is 0 Å². The molecular weight excluding hydrogens is 405 g/mol. The Hall–Kier alpha value is -2.60. The second-order valence-electron chi connectivity index (χ2n) is 7.91. The molecule has 1 nitrogen and oxygen atoms in total. The molecule has 0 heterocycles. The van der Waals surface area contributed by atoms with Gasteiger partial charge in [0.2, 0.25) is 0 Å². The summed E-state index contributed by atoms with van der Waals surface area (Å²) in [6.45, 7) is 0. The van der Waals surface area contributed by atoms with Gasteiger partial charge >= 0.3 is 185 Å². The van der Waals surface area contributed by atoms with Crippen LogP contribution in [0.15, 0.2) is 115 Å². The first-order valence-corrected chi connectivity index (χ1v) is 13.5. The van der Waals surface area contributed by atoms with Crippen LogP contribution in [0.4, 0.5) is 5.69 Å². The van der Waals surface area contributed by atoms with E-state index in [4.69, 9.17) is 11.2 Å². The van der Waals surface area contributed by atoms with E-state index in [0.717, 1.165) is 6.16 Å². The molecule has 0 bridgehead atoms. The minimum atomic E-state index is -3.27. The number of hydrogen-bond acceptors (Lipinski definition) is 1. The van der Waals surface area contributed by atoms with Gasteiger partial charge in [0, 0.05) is 0 Å². The van der Waals surface area contributed by atoms with Crippen molar-refractivity contribution in [2.75, 3.05) is 19.0 Å². The Morgan fingerprint density at radius 2 is 0.933 bits per heavy atom. The molecule has 0 aliphatic carbocycles. The van der Waals surface area contributed by atoms with Crippen molar-refractivity contribution in [2.24, 2.45) is 0 Å². The summed E-state index contributed by atoms with van der Waals surface area (Å²) >= 11 is 8.13. The van der Waals surface area contributed by atoms with Crippen molar-refractivity contribution in [2.45, 2.75) is 6.16 Å². The van der Waals surface area contributed by atoms with Crippen LogP contribution in [0.1, 0.15) is 5.56 Å². The number of halogens is 1. The molecule has 3 heteroatoms. The van der Waals surface area contributed by atoms with Gasteiger partial charge < -0.3 is 0 Å². The summed E-state index contributed by atoms with van der Waals surface area (Å²) in [6, 6.07) is 40.7. The van der Waals surface area contributed by atoms with Crippen LogP contribution in [-0.4, -0.2) is 14.1 Å². The maximum absolute atomic E-state index is 8.13. The zero-order valence-electron chi connectivity index (χ0n) is 17.4. The van der Waals surface area contributed by atoms with E-state index in [-0.39, 0.29) is 0 Å². The zero-order chi connectivity index (χ0) is 21.1. The maximum atomic E-state index is 8.13. The Morgan fingerprint density at radius 3 is 1.27 bits per heavy atom. The minimum absolute atomic E-state index is 0.763. The summed E-state index contributed by atoms with van der Waals surface area (Å²) in [5.41, 5.74) is 2.43. The molecule has 0 aliphatic rings. The van der Waals surface area contributed by atoms with Crippen LogP contribution in [0.5, 0.6) is 0 Å². The van der Waals surface area contributed by atoms with Gasteiger partial charge in [0.1, 0.15) is 0 Å². The van der Waals surface area contributed by atoms with Crippen molar-refractivity contribution >= 4 is 38.8 Å². The molecule has 4 aromatic carbocycles. The van der Waals surface area contributed by atoms with E-state index in [2.05, 4.69) is 134 Å². The van der Waals surface area contributed by atoms with Crippen LogP contribution in [0.25, 0.3) is 0 Å². The first-order chi connectivity index (χ1) is 14.5.